The van der Waals surface area contributed by atoms with Gasteiger partial charge in [0, 0.05) is 0 Å². The highest BCUT2D eigenvalue weighted by Gasteiger charge is 2.19. The Labute approximate surface area is 214 Å². The van der Waals surface area contributed by atoms with Crippen LogP contribution >= 0.6 is 0 Å². The molecule has 0 atom stereocenters. The molecule has 10 nitrogen and oxygen atoms in total. The molecule has 188 valence electrons. The third-order valence-corrected chi connectivity index (χ3v) is 6.38. The average molecular weight is 507 g/mol. The van der Waals surface area contributed by atoms with E-state index in [2.05, 4.69) is 95.7 Å². The Balaban J connectivity index is 0.000000177. The van der Waals surface area contributed by atoms with Gasteiger partial charge in [0.15, 0.2) is 0 Å². The third kappa shape index (κ3) is 4.05. The molecule has 7 aromatic rings. The van der Waals surface area contributed by atoms with E-state index in [9.17, 15) is 19.2 Å². The van der Waals surface area contributed by atoms with Crippen molar-refractivity contribution in [3.63, 3.8) is 0 Å². The molecular formula is C28H22N6O4. The van der Waals surface area contributed by atoms with Crippen molar-refractivity contribution in [1.29, 1.82) is 0 Å². The molecule has 38 heavy (non-hydrogen) atoms. The number of amides is 8. The molecule has 0 bridgehead atoms. The minimum atomic E-state index is -0.938. The molecule has 8 amide bonds. The first kappa shape index (κ1) is 24.1. The highest BCUT2D eigenvalue weighted by Crippen LogP contribution is 2.47. The second kappa shape index (κ2) is 9.10. The number of nitrogens with one attached hydrogen (secondary N) is 2. The van der Waals surface area contributed by atoms with Crippen molar-refractivity contribution >= 4 is 88.8 Å². The summed E-state index contributed by atoms with van der Waals surface area (Å²) in [4.78, 5) is 38.5. The van der Waals surface area contributed by atoms with Crippen LogP contribution in [0.15, 0.2) is 72.8 Å². The summed E-state index contributed by atoms with van der Waals surface area (Å²) in [7, 11) is 0. The van der Waals surface area contributed by atoms with Gasteiger partial charge in [-0.05, 0) is 64.6 Å². The minimum absolute atomic E-state index is 0.937. The fraction of sp³-hybridized carbons (Fsp3) is 0. The summed E-state index contributed by atoms with van der Waals surface area (Å²) >= 11 is 0. The zero-order chi connectivity index (χ0) is 27.1. The van der Waals surface area contributed by atoms with Gasteiger partial charge in [-0.15, -0.1) is 0 Å². The Bertz CT molecular complexity index is 1560. The molecule has 7 aromatic carbocycles. The highest BCUT2D eigenvalue weighted by molar-refractivity contribution is 6.44. The van der Waals surface area contributed by atoms with E-state index in [1.165, 1.54) is 64.6 Å². The molecular weight excluding hydrogens is 484 g/mol. The fourth-order valence-electron chi connectivity index (χ4n) is 5.14. The number of urea groups is 4. The quantitative estimate of drug-likeness (QED) is 0.131. The maximum absolute atomic E-state index is 9.62. The summed E-state index contributed by atoms with van der Waals surface area (Å²) in [5.41, 5.74) is 17.8. The molecule has 10 heteroatoms. The summed E-state index contributed by atoms with van der Waals surface area (Å²) < 4.78 is 0. The van der Waals surface area contributed by atoms with E-state index in [4.69, 9.17) is 0 Å². The van der Waals surface area contributed by atoms with E-state index in [-0.39, 0.29) is 0 Å². The van der Waals surface area contributed by atoms with Gasteiger partial charge in [0.1, 0.15) is 0 Å². The first-order valence-corrected chi connectivity index (χ1v) is 11.4. The second-order valence-corrected chi connectivity index (χ2v) is 8.69. The number of hydrogen-bond donors (Lipinski definition) is 6. The average Bonchev–Trinajstić information content (AvgIpc) is 2.86. The van der Waals surface area contributed by atoms with Crippen molar-refractivity contribution in [1.82, 2.24) is 10.6 Å². The first-order valence-electron chi connectivity index (χ1n) is 11.4. The smallest absolute Gasteiger partial charge is 0.320 e. The zero-order valence-electron chi connectivity index (χ0n) is 19.9. The van der Waals surface area contributed by atoms with Crippen LogP contribution in [0.3, 0.4) is 0 Å². The monoisotopic (exact) mass is 506 g/mol. The number of carbonyl (C=O) groups excluding carboxylic acids is 4. The van der Waals surface area contributed by atoms with Gasteiger partial charge in [-0.1, -0.05) is 72.8 Å². The highest BCUT2D eigenvalue weighted by atomic mass is 16.2. The van der Waals surface area contributed by atoms with Crippen LogP contribution < -0.4 is 33.6 Å². The molecule has 0 aliphatic rings. The molecule has 0 aliphatic heterocycles. The summed E-state index contributed by atoms with van der Waals surface area (Å²) in [6.07, 6.45) is 0. The Kier molecular flexibility index (Phi) is 5.76. The van der Waals surface area contributed by atoms with Gasteiger partial charge in [-0.25, -0.2) is 19.2 Å². The van der Waals surface area contributed by atoms with Gasteiger partial charge in [0.25, 0.3) is 0 Å². The first-order chi connectivity index (χ1) is 18.2. The lowest BCUT2D eigenvalue weighted by atomic mass is 9.83. The Morgan fingerprint density at radius 2 is 0.474 bits per heavy atom. The van der Waals surface area contributed by atoms with Gasteiger partial charge in [-0.3, -0.25) is 10.6 Å². The van der Waals surface area contributed by atoms with Crippen LogP contribution in [0, 0.1) is 0 Å². The second-order valence-electron chi connectivity index (χ2n) is 8.69. The summed E-state index contributed by atoms with van der Waals surface area (Å²) in [5.74, 6) is 0. The van der Waals surface area contributed by atoms with Crippen LogP contribution in [0.1, 0.15) is 0 Å². The molecule has 0 radical (unpaired) electrons. The molecule has 0 aromatic heterocycles. The fourth-order valence-corrected chi connectivity index (χ4v) is 5.14. The molecule has 10 N–H and O–H groups in total. The van der Waals surface area contributed by atoms with E-state index >= 15 is 0 Å². The Morgan fingerprint density at radius 1 is 0.342 bits per heavy atom. The van der Waals surface area contributed by atoms with Gasteiger partial charge < -0.3 is 22.9 Å². The lowest BCUT2D eigenvalue weighted by molar-refractivity contribution is 0.235. The van der Waals surface area contributed by atoms with Crippen molar-refractivity contribution in [3.8, 4) is 0 Å². The molecule has 0 aliphatic carbocycles. The SMILES string of the molecule is NC(=O)NC(N)=O.NC(=O)NC(N)=O.c1cc2ccc3ccc4ccc5ccc6ccc1c1c2c3c4c5c61. The van der Waals surface area contributed by atoms with Crippen LogP contribution in [0.25, 0.3) is 64.6 Å². The normalized spacial score (nSPS) is 10.9. The topological polar surface area (TPSA) is 196 Å². The van der Waals surface area contributed by atoms with E-state index in [0.29, 0.717) is 0 Å². The standard InChI is InChI=1S/C24H12.2C2H5N3O2/c1-2-14-5-6-16-9-11-18-12-10-17-8-7-15-4-3-13(1)19-20(14)22(16)24(18)23(17)21(15)19;2*3-1(6)5-2(4)7/h1-12H;2*(H5,3,4,5,6,7). The van der Waals surface area contributed by atoms with Gasteiger partial charge in [0.05, 0.1) is 0 Å². The van der Waals surface area contributed by atoms with Gasteiger partial charge in [-0.2, -0.15) is 0 Å². The molecule has 0 saturated heterocycles. The van der Waals surface area contributed by atoms with Gasteiger partial charge in [0.2, 0.25) is 0 Å². The predicted molar refractivity (Wildman–Crippen MR) is 150 cm³/mol. The zero-order valence-corrected chi connectivity index (χ0v) is 19.9. The third-order valence-electron chi connectivity index (χ3n) is 6.38. The lowest BCUT2D eigenvalue weighted by Crippen LogP contribution is -2.38. The van der Waals surface area contributed by atoms with E-state index < -0.39 is 24.1 Å². The van der Waals surface area contributed by atoms with E-state index in [1.54, 1.807) is 10.6 Å². The van der Waals surface area contributed by atoms with Gasteiger partial charge >= 0.3 is 24.1 Å². The summed E-state index contributed by atoms with van der Waals surface area (Å²) in [6.45, 7) is 0. The number of primary amides is 4. The van der Waals surface area contributed by atoms with Crippen molar-refractivity contribution in [3.05, 3.63) is 72.8 Å². The molecule has 7 rings (SSSR count). The maximum Gasteiger partial charge on any atom is 0.320 e. The number of nitrogens with two attached hydrogens (primary N) is 4. The summed E-state index contributed by atoms with van der Waals surface area (Å²) in [5, 5.41) is 19.9. The predicted octanol–water partition coefficient (Wildman–Crippen LogP) is 4.39. The van der Waals surface area contributed by atoms with Crippen molar-refractivity contribution < 1.29 is 19.2 Å². The lowest BCUT2D eigenvalue weighted by Gasteiger charge is -2.20. The molecule has 0 spiro atoms. The van der Waals surface area contributed by atoms with Crippen LogP contribution in [0.2, 0.25) is 0 Å². The number of rotatable bonds is 0. The van der Waals surface area contributed by atoms with E-state index in [0.717, 1.165) is 0 Å². The molecule has 0 unspecified atom stereocenters. The van der Waals surface area contributed by atoms with Crippen LogP contribution in [-0.2, 0) is 0 Å². The van der Waals surface area contributed by atoms with Crippen molar-refractivity contribution in [2.24, 2.45) is 22.9 Å². The van der Waals surface area contributed by atoms with Crippen LogP contribution in [0.5, 0.6) is 0 Å². The number of benzene rings is 7. The summed E-state index contributed by atoms with van der Waals surface area (Å²) in [6, 6.07) is 23.5. The number of hydrogen-bond acceptors (Lipinski definition) is 4. The molecule has 0 saturated carbocycles. The number of carbonyl (C=O) groups is 4. The Hall–Kier alpha value is -5.64. The molecule has 0 fully saturated rings. The largest absolute Gasteiger partial charge is 0.351 e. The number of imide groups is 2. The van der Waals surface area contributed by atoms with Crippen molar-refractivity contribution in [2.75, 3.05) is 0 Å². The van der Waals surface area contributed by atoms with E-state index in [1.807, 2.05) is 0 Å². The van der Waals surface area contributed by atoms with Crippen LogP contribution in [-0.4, -0.2) is 24.1 Å². The van der Waals surface area contributed by atoms with Crippen LogP contribution in [0.4, 0.5) is 19.2 Å². The minimum Gasteiger partial charge on any atom is -0.351 e. The van der Waals surface area contributed by atoms with Crippen molar-refractivity contribution in [2.45, 2.75) is 0 Å². The molecule has 0 heterocycles. The maximum atomic E-state index is 9.62. The Morgan fingerprint density at radius 3 is 0.553 bits per heavy atom.